The number of hydrogen-bond donors (Lipinski definition) is 2. The van der Waals surface area contributed by atoms with E-state index in [0.29, 0.717) is 24.0 Å². The quantitative estimate of drug-likeness (QED) is 0.781. The summed E-state index contributed by atoms with van der Waals surface area (Å²) < 4.78 is 0. The highest BCUT2D eigenvalue weighted by atomic mass is 32.1. The van der Waals surface area contributed by atoms with Gasteiger partial charge in [0.15, 0.2) is 0 Å². The van der Waals surface area contributed by atoms with Crippen LogP contribution in [0.25, 0.3) is 0 Å². The van der Waals surface area contributed by atoms with Crippen LogP contribution < -0.4 is 11.1 Å². The van der Waals surface area contributed by atoms with Gasteiger partial charge in [0.05, 0.1) is 6.42 Å². The lowest BCUT2D eigenvalue weighted by Crippen LogP contribution is -2.41. The zero-order valence-electron chi connectivity index (χ0n) is 12.5. The summed E-state index contributed by atoms with van der Waals surface area (Å²) in [5.74, 6) is 0.0594. The van der Waals surface area contributed by atoms with Gasteiger partial charge in [-0.3, -0.25) is 9.69 Å². The lowest BCUT2D eigenvalue weighted by Gasteiger charge is -2.23. The van der Waals surface area contributed by atoms with Crippen molar-refractivity contribution < 1.29 is 4.79 Å². The lowest BCUT2D eigenvalue weighted by molar-refractivity contribution is -0.120. The van der Waals surface area contributed by atoms with Gasteiger partial charge in [-0.25, -0.2) is 0 Å². The van der Waals surface area contributed by atoms with Crippen LogP contribution in [0.4, 0.5) is 0 Å². The maximum atomic E-state index is 12.0. The van der Waals surface area contributed by atoms with Crippen LogP contribution in [-0.4, -0.2) is 41.5 Å². The van der Waals surface area contributed by atoms with Gasteiger partial charge in [-0.2, -0.15) is 0 Å². The molecule has 1 aromatic rings. The van der Waals surface area contributed by atoms with Gasteiger partial charge in [-0.15, -0.1) is 0 Å². The molecule has 1 aliphatic heterocycles. The lowest BCUT2D eigenvalue weighted by atomic mass is 10.1. The summed E-state index contributed by atoms with van der Waals surface area (Å²) in [7, 11) is 0. The number of rotatable bonds is 6. The minimum absolute atomic E-state index is 0.0594. The topological polar surface area (TPSA) is 58.4 Å². The molecule has 0 bridgehead atoms. The second-order valence-electron chi connectivity index (χ2n) is 5.63. The maximum Gasteiger partial charge on any atom is 0.224 e. The van der Waals surface area contributed by atoms with E-state index in [1.807, 2.05) is 24.3 Å². The molecule has 1 heterocycles. The number of likely N-dealkylation sites (tertiary alicyclic amines) is 1. The van der Waals surface area contributed by atoms with Crippen molar-refractivity contribution in [3.63, 3.8) is 0 Å². The first-order chi connectivity index (χ1) is 10.1. The predicted octanol–water partition coefficient (Wildman–Crippen LogP) is 1.46. The van der Waals surface area contributed by atoms with Crippen molar-refractivity contribution in [2.24, 2.45) is 5.73 Å². The molecule has 1 aliphatic rings. The molecule has 1 amide bonds. The van der Waals surface area contributed by atoms with Crippen molar-refractivity contribution in [1.29, 1.82) is 0 Å². The van der Waals surface area contributed by atoms with Crippen molar-refractivity contribution in [2.45, 2.75) is 32.2 Å². The van der Waals surface area contributed by atoms with Crippen molar-refractivity contribution >= 4 is 23.1 Å². The largest absolute Gasteiger partial charge is 0.389 e. The number of nitrogens with one attached hydrogen (secondary N) is 1. The summed E-state index contributed by atoms with van der Waals surface area (Å²) >= 11 is 4.91. The Kier molecular flexibility index (Phi) is 5.70. The molecular formula is C16H23N3OS. The summed E-state index contributed by atoms with van der Waals surface area (Å²) in [5, 5.41) is 3.01. The van der Waals surface area contributed by atoms with Gasteiger partial charge in [-0.05, 0) is 38.4 Å². The molecule has 1 fully saturated rings. The smallest absolute Gasteiger partial charge is 0.224 e. The summed E-state index contributed by atoms with van der Waals surface area (Å²) in [4.78, 5) is 14.8. The van der Waals surface area contributed by atoms with Crippen LogP contribution >= 0.6 is 12.2 Å². The van der Waals surface area contributed by atoms with E-state index in [4.69, 9.17) is 18.0 Å². The SMILES string of the molecule is CC(CNC(=O)Cc1ccc(C(N)=S)cc1)N1CCCC1. The number of carbonyl (C=O) groups is 1. The van der Waals surface area contributed by atoms with Crippen LogP contribution in [0.2, 0.25) is 0 Å². The van der Waals surface area contributed by atoms with E-state index in [2.05, 4.69) is 17.1 Å². The Bertz CT molecular complexity index is 495. The molecule has 1 unspecified atom stereocenters. The Morgan fingerprint density at radius 2 is 1.95 bits per heavy atom. The Balaban J connectivity index is 1.77. The van der Waals surface area contributed by atoms with Crippen LogP contribution in [0, 0.1) is 0 Å². The predicted molar refractivity (Wildman–Crippen MR) is 89.3 cm³/mol. The molecule has 4 nitrogen and oxygen atoms in total. The maximum absolute atomic E-state index is 12.0. The average Bonchev–Trinajstić information content (AvgIpc) is 2.99. The molecular weight excluding hydrogens is 282 g/mol. The molecule has 5 heteroatoms. The first-order valence-corrected chi connectivity index (χ1v) is 7.86. The molecule has 1 saturated heterocycles. The molecule has 114 valence electrons. The fraction of sp³-hybridized carbons (Fsp3) is 0.500. The second kappa shape index (κ2) is 7.52. The van der Waals surface area contributed by atoms with E-state index in [-0.39, 0.29) is 5.91 Å². The van der Waals surface area contributed by atoms with E-state index in [9.17, 15) is 4.79 Å². The monoisotopic (exact) mass is 305 g/mol. The highest BCUT2D eigenvalue weighted by Gasteiger charge is 2.18. The van der Waals surface area contributed by atoms with E-state index >= 15 is 0 Å². The molecule has 21 heavy (non-hydrogen) atoms. The van der Waals surface area contributed by atoms with Gasteiger partial charge in [0.2, 0.25) is 5.91 Å². The molecule has 3 N–H and O–H groups in total. The third-order valence-electron chi connectivity index (χ3n) is 3.96. The third kappa shape index (κ3) is 4.79. The van der Waals surface area contributed by atoms with E-state index in [1.165, 1.54) is 12.8 Å². The Hall–Kier alpha value is -1.46. The minimum Gasteiger partial charge on any atom is -0.389 e. The third-order valence-corrected chi connectivity index (χ3v) is 4.20. The van der Waals surface area contributed by atoms with Crippen LogP contribution in [-0.2, 0) is 11.2 Å². The zero-order chi connectivity index (χ0) is 15.2. The second-order valence-corrected chi connectivity index (χ2v) is 6.07. The fourth-order valence-corrected chi connectivity index (χ4v) is 2.74. The minimum atomic E-state index is 0.0594. The summed E-state index contributed by atoms with van der Waals surface area (Å²) in [6, 6.07) is 7.93. The Morgan fingerprint density at radius 3 is 2.52 bits per heavy atom. The van der Waals surface area contributed by atoms with Crippen LogP contribution in [0.15, 0.2) is 24.3 Å². The molecule has 2 rings (SSSR count). The number of nitrogens with two attached hydrogens (primary N) is 1. The molecule has 0 aromatic heterocycles. The fourth-order valence-electron chi connectivity index (χ4n) is 2.61. The van der Waals surface area contributed by atoms with Crippen molar-refractivity contribution in [3.05, 3.63) is 35.4 Å². The number of benzene rings is 1. The van der Waals surface area contributed by atoms with Gasteiger partial charge >= 0.3 is 0 Å². The standard InChI is InChI=1S/C16H23N3OS/c1-12(19-8-2-3-9-19)11-18-15(20)10-13-4-6-14(7-5-13)16(17)21/h4-7,12H,2-3,8-11H2,1H3,(H2,17,21)(H,18,20). The number of thiocarbonyl (C=S) groups is 1. The zero-order valence-corrected chi connectivity index (χ0v) is 13.3. The molecule has 0 aliphatic carbocycles. The average molecular weight is 305 g/mol. The number of nitrogens with zero attached hydrogens (tertiary/aromatic N) is 1. The number of hydrogen-bond acceptors (Lipinski definition) is 3. The molecule has 0 radical (unpaired) electrons. The van der Waals surface area contributed by atoms with Crippen molar-refractivity contribution in [1.82, 2.24) is 10.2 Å². The van der Waals surface area contributed by atoms with Crippen LogP contribution in [0.1, 0.15) is 30.9 Å². The van der Waals surface area contributed by atoms with Crippen LogP contribution in [0.5, 0.6) is 0 Å². The van der Waals surface area contributed by atoms with E-state index in [1.54, 1.807) is 0 Å². The Labute approximate surface area is 131 Å². The number of amides is 1. The number of carbonyl (C=O) groups excluding carboxylic acids is 1. The summed E-state index contributed by atoms with van der Waals surface area (Å²) in [6.07, 6.45) is 2.94. The first-order valence-electron chi connectivity index (χ1n) is 7.46. The summed E-state index contributed by atoms with van der Waals surface area (Å²) in [6.45, 7) is 5.18. The van der Waals surface area contributed by atoms with Gasteiger partial charge in [0.25, 0.3) is 0 Å². The normalized spacial score (nSPS) is 16.6. The van der Waals surface area contributed by atoms with Gasteiger partial charge in [-0.1, -0.05) is 36.5 Å². The molecule has 0 saturated carbocycles. The highest BCUT2D eigenvalue weighted by molar-refractivity contribution is 7.80. The van der Waals surface area contributed by atoms with Gasteiger partial charge in [0.1, 0.15) is 4.99 Å². The molecule has 1 atom stereocenters. The molecule has 1 aromatic carbocycles. The van der Waals surface area contributed by atoms with Gasteiger partial charge < -0.3 is 11.1 Å². The first kappa shape index (κ1) is 15.9. The van der Waals surface area contributed by atoms with Crippen molar-refractivity contribution in [3.8, 4) is 0 Å². The Morgan fingerprint density at radius 1 is 1.33 bits per heavy atom. The van der Waals surface area contributed by atoms with Crippen molar-refractivity contribution in [2.75, 3.05) is 19.6 Å². The summed E-state index contributed by atoms with van der Waals surface area (Å²) in [5.41, 5.74) is 7.36. The van der Waals surface area contributed by atoms with E-state index < -0.39 is 0 Å². The molecule has 0 spiro atoms. The highest BCUT2D eigenvalue weighted by Crippen LogP contribution is 2.11. The van der Waals surface area contributed by atoms with Gasteiger partial charge in [0, 0.05) is 18.2 Å². The van der Waals surface area contributed by atoms with E-state index in [0.717, 1.165) is 24.2 Å². The van der Waals surface area contributed by atoms with Crippen LogP contribution in [0.3, 0.4) is 0 Å².